The van der Waals surface area contributed by atoms with Crippen LogP contribution in [0.25, 0.3) is 22.0 Å². The number of aryl methyl sites for hydroxylation is 1. The molecule has 5 rings (SSSR count). The summed E-state index contributed by atoms with van der Waals surface area (Å²) in [5.74, 6) is 0.799. The molecule has 0 saturated heterocycles. The summed E-state index contributed by atoms with van der Waals surface area (Å²) in [7, 11) is 0. The summed E-state index contributed by atoms with van der Waals surface area (Å²) < 4.78 is 2.05. The van der Waals surface area contributed by atoms with Gasteiger partial charge in [-0.15, -0.1) is 0 Å². The first kappa shape index (κ1) is 29.0. The zero-order valence-corrected chi connectivity index (χ0v) is 24.2. The van der Waals surface area contributed by atoms with Gasteiger partial charge >= 0.3 is 6.15 Å². The summed E-state index contributed by atoms with van der Waals surface area (Å²) in [5.41, 5.74) is 7.90. The van der Waals surface area contributed by atoms with Crippen LogP contribution in [0.2, 0.25) is 0 Å². The van der Waals surface area contributed by atoms with Crippen molar-refractivity contribution in [1.82, 2.24) is 15.1 Å². The number of hydrogen-bond donors (Lipinski definition) is 1. The molecule has 1 fully saturated rings. The molecular formula is C34H39N3O3. The van der Waals surface area contributed by atoms with Crippen molar-refractivity contribution in [2.45, 2.75) is 78.3 Å². The van der Waals surface area contributed by atoms with Gasteiger partial charge < -0.3 is 5.32 Å². The van der Waals surface area contributed by atoms with Gasteiger partial charge in [-0.1, -0.05) is 76.2 Å². The number of rotatable bonds is 5. The van der Waals surface area contributed by atoms with Crippen molar-refractivity contribution in [2.75, 3.05) is 0 Å². The molecule has 40 heavy (non-hydrogen) atoms. The highest BCUT2D eigenvalue weighted by Gasteiger charge is 2.21. The Morgan fingerprint density at radius 1 is 0.975 bits per heavy atom. The molecule has 0 aliphatic heterocycles. The second kappa shape index (κ2) is 12.4. The highest BCUT2D eigenvalue weighted by molar-refractivity contribution is 5.98. The number of nitrogens with zero attached hydrogens (tertiary/aromatic N) is 2. The summed E-state index contributed by atoms with van der Waals surface area (Å²) >= 11 is 0. The smallest absolute Gasteiger partial charge is 0.349 e. The number of aromatic nitrogens is 2. The maximum absolute atomic E-state index is 12.9. The molecule has 0 spiro atoms. The van der Waals surface area contributed by atoms with E-state index in [1.54, 1.807) is 0 Å². The maximum atomic E-state index is 12.9. The van der Waals surface area contributed by atoms with E-state index in [9.17, 15) is 4.79 Å². The Labute approximate surface area is 236 Å². The molecule has 1 aliphatic rings. The molecule has 0 radical (unpaired) electrons. The van der Waals surface area contributed by atoms with Crippen molar-refractivity contribution >= 4 is 23.0 Å². The summed E-state index contributed by atoms with van der Waals surface area (Å²) in [4.78, 5) is 29.2. The zero-order valence-electron chi connectivity index (χ0n) is 24.2. The molecule has 1 aliphatic carbocycles. The van der Waals surface area contributed by atoms with Gasteiger partial charge in [0, 0.05) is 17.0 Å². The van der Waals surface area contributed by atoms with Gasteiger partial charge in [0.2, 0.25) is 0 Å². The minimum Gasteiger partial charge on any atom is -0.349 e. The van der Waals surface area contributed by atoms with Gasteiger partial charge in [0.1, 0.15) is 0 Å². The molecule has 0 atom stereocenters. The van der Waals surface area contributed by atoms with Crippen molar-refractivity contribution < 1.29 is 14.4 Å². The molecule has 1 aromatic heterocycles. The second-order valence-electron chi connectivity index (χ2n) is 12.0. The molecule has 1 saturated carbocycles. The number of hydrogen-bond acceptors (Lipinski definition) is 4. The molecular weight excluding hydrogens is 498 g/mol. The normalized spacial score (nSPS) is 17.0. The summed E-state index contributed by atoms with van der Waals surface area (Å²) in [6, 6.07) is 23.8. The van der Waals surface area contributed by atoms with Crippen LogP contribution in [0.15, 0.2) is 66.7 Å². The maximum Gasteiger partial charge on any atom is 0.373 e. The van der Waals surface area contributed by atoms with E-state index in [-0.39, 0.29) is 17.5 Å². The quantitative estimate of drug-likeness (QED) is 0.295. The van der Waals surface area contributed by atoms with Gasteiger partial charge in [-0.2, -0.15) is 14.7 Å². The molecule has 208 valence electrons. The first-order valence-corrected chi connectivity index (χ1v) is 14.1. The van der Waals surface area contributed by atoms with E-state index in [2.05, 4.69) is 81.5 Å². The number of nitrogens with one attached hydrogen (secondary N) is 1. The van der Waals surface area contributed by atoms with E-state index in [1.807, 2.05) is 29.8 Å². The van der Waals surface area contributed by atoms with E-state index in [4.69, 9.17) is 14.7 Å². The van der Waals surface area contributed by atoms with Crippen LogP contribution < -0.4 is 5.32 Å². The van der Waals surface area contributed by atoms with Crippen molar-refractivity contribution in [2.24, 2.45) is 5.92 Å². The lowest BCUT2D eigenvalue weighted by Gasteiger charge is -2.26. The molecule has 0 bridgehead atoms. The van der Waals surface area contributed by atoms with Crippen molar-refractivity contribution in [3.8, 4) is 11.1 Å². The number of amides is 1. The van der Waals surface area contributed by atoms with Crippen LogP contribution in [-0.4, -0.2) is 27.9 Å². The molecule has 0 unspecified atom stereocenters. The lowest BCUT2D eigenvalue weighted by atomic mass is 9.82. The summed E-state index contributed by atoms with van der Waals surface area (Å²) in [6.45, 7) is 11.8. The summed E-state index contributed by atoms with van der Waals surface area (Å²) in [5, 5.41) is 9.12. The highest BCUT2D eigenvalue weighted by Crippen LogP contribution is 2.33. The van der Waals surface area contributed by atoms with E-state index in [0.717, 1.165) is 40.9 Å². The molecule has 1 N–H and O–H groups in total. The fraction of sp³-hybridized carbons (Fsp3) is 0.382. The van der Waals surface area contributed by atoms with Gasteiger partial charge in [-0.05, 0) is 84.4 Å². The Hall–Kier alpha value is -4.02. The predicted molar refractivity (Wildman–Crippen MR) is 158 cm³/mol. The lowest BCUT2D eigenvalue weighted by Crippen LogP contribution is -2.37. The number of carbonyl (C=O) groups is 1. The topological polar surface area (TPSA) is 81.1 Å². The van der Waals surface area contributed by atoms with Crippen LogP contribution in [0.3, 0.4) is 0 Å². The first-order chi connectivity index (χ1) is 19.1. The molecule has 6 heteroatoms. The number of carbonyl (C=O) groups excluding carboxylic acids is 3. The van der Waals surface area contributed by atoms with E-state index < -0.39 is 0 Å². The van der Waals surface area contributed by atoms with Gasteiger partial charge in [0.25, 0.3) is 5.91 Å². The summed E-state index contributed by atoms with van der Waals surface area (Å²) in [6.07, 6.45) is 4.79. The Kier molecular flexibility index (Phi) is 9.01. The van der Waals surface area contributed by atoms with Gasteiger partial charge in [0.05, 0.1) is 17.8 Å². The van der Waals surface area contributed by atoms with E-state index in [0.29, 0.717) is 12.6 Å². The third-order valence-corrected chi connectivity index (χ3v) is 7.88. The SMILES string of the molecule is Cc1nn(Cc2ccc(-c3ccccc3C(C)(C)C)cc2)c2ccc(C(=O)NC3CCC(C)CC3)cc12.O=C=O. The average Bonchev–Trinajstić information content (AvgIpc) is 3.24. The Morgan fingerprint density at radius 3 is 2.27 bits per heavy atom. The number of fused-ring (bicyclic) bond motifs is 1. The van der Waals surface area contributed by atoms with Gasteiger partial charge in [-0.3, -0.25) is 9.48 Å². The Morgan fingerprint density at radius 2 is 1.62 bits per heavy atom. The van der Waals surface area contributed by atoms with Crippen LogP contribution >= 0.6 is 0 Å². The third kappa shape index (κ3) is 6.75. The molecule has 3 aromatic carbocycles. The monoisotopic (exact) mass is 537 g/mol. The fourth-order valence-electron chi connectivity index (χ4n) is 5.63. The largest absolute Gasteiger partial charge is 0.373 e. The van der Waals surface area contributed by atoms with Gasteiger partial charge in [-0.25, -0.2) is 0 Å². The van der Waals surface area contributed by atoms with Crippen LogP contribution in [-0.2, 0) is 21.5 Å². The van der Waals surface area contributed by atoms with Crippen LogP contribution in [0.5, 0.6) is 0 Å². The van der Waals surface area contributed by atoms with Crippen LogP contribution in [0.1, 0.15) is 80.6 Å². The lowest BCUT2D eigenvalue weighted by molar-refractivity contribution is -0.191. The van der Waals surface area contributed by atoms with Gasteiger partial charge in [0.15, 0.2) is 0 Å². The van der Waals surface area contributed by atoms with Crippen LogP contribution in [0.4, 0.5) is 0 Å². The first-order valence-electron chi connectivity index (χ1n) is 14.1. The van der Waals surface area contributed by atoms with Crippen molar-refractivity contribution in [1.29, 1.82) is 0 Å². The minimum absolute atomic E-state index is 0.0275. The van der Waals surface area contributed by atoms with Crippen molar-refractivity contribution in [3.63, 3.8) is 0 Å². The molecule has 1 amide bonds. The zero-order chi connectivity index (χ0) is 28.9. The molecule has 4 aromatic rings. The van der Waals surface area contributed by atoms with Crippen molar-refractivity contribution in [3.05, 3.63) is 89.1 Å². The number of benzene rings is 3. The standard InChI is InChI=1S/C33H39N3O.CO2/c1-22-10-17-27(18-11-22)34-32(37)26-16-19-31-29(20-26)23(2)35-36(31)21-24-12-14-25(15-13-24)28-8-6-7-9-30(28)33(3,4)5;2-1-3/h6-9,12-16,19-20,22,27H,10-11,17-18,21H2,1-5H3,(H,34,37);. The average molecular weight is 538 g/mol. The third-order valence-electron chi connectivity index (χ3n) is 7.88. The molecule has 1 heterocycles. The minimum atomic E-state index is 0.0275. The fourth-order valence-corrected chi connectivity index (χ4v) is 5.63. The Bertz CT molecular complexity index is 1500. The Balaban J connectivity index is 0.00000118. The van der Waals surface area contributed by atoms with E-state index >= 15 is 0 Å². The predicted octanol–water partition coefficient (Wildman–Crippen LogP) is 7.08. The van der Waals surface area contributed by atoms with E-state index in [1.165, 1.54) is 35.1 Å². The molecule has 6 nitrogen and oxygen atoms in total. The van der Waals surface area contributed by atoms with Crippen LogP contribution in [0, 0.1) is 12.8 Å². The highest BCUT2D eigenvalue weighted by atomic mass is 16.2. The second-order valence-corrected chi connectivity index (χ2v) is 12.0.